The first-order valence-corrected chi connectivity index (χ1v) is 7.57. The third-order valence-corrected chi connectivity index (χ3v) is 3.75. The molecule has 0 bridgehead atoms. The Morgan fingerprint density at radius 1 is 1.25 bits per heavy atom. The number of carbonyl (C=O) groups excluding carboxylic acids is 1. The molecule has 1 aromatic carbocycles. The molecular weight excluding hydrogens is 250 g/mol. The van der Waals surface area contributed by atoms with E-state index in [-0.39, 0.29) is 17.9 Å². The van der Waals surface area contributed by atoms with Gasteiger partial charge in [-0.15, -0.1) is 0 Å². The summed E-state index contributed by atoms with van der Waals surface area (Å²) in [4.78, 5) is 12.4. The van der Waals surface area contributed by atoms with Crippen LogP contribution < -0.4 is 5.32 Å². The molecule has 0 heterocycles. The Labute approximate surface area is 122 Å². The highest BCUT2D eigenvalue weighted by atomic mass is 16.3. The van der Waals surface area contributed by atoms with Crippen LogP contribution in [0.1, 0.15) is 51.5 Å². The second-order valence-electron chi connectivity index (χ2n) is 5.56. The maximum atomic E-state index is 12.4. The number of hydrogen-bond donors (Lipinski definition) is 2. The summed E-state index contributed by atoms with van der Waals surface area (Å²) in [5, 5.41) is 12.2. The van der Waals surface area contributed by atoms with Gasteiger partial charge in [-0.1, -0.05) is 50.6 Å². The minimum atomic E-state index is -0.300. The Hall–Kier alpha value is -1.35. The van der Waals surface area contributed by atoms with Crippen molar-refractivity contribution in [3.05, 3.63) is 35.9 Å². The van der Waals surface area contributed by atoms with E-state index < -0.39 is 0 Å². The fraction of sp³-hybridized carbons (Fsp3) is 0.588. The molecule has 0 aliphatic carbocycles. The topological polar surface area (TPSA) is 49.3 Å². The molecule has 3 atom stereocenters. The normalized spacial score (nSPS) is 15.4. The highest BCUT2D eigenvalue weighted by Gasteiger charge is 2.25. The predicted octanol–water partition coefficient (Wildman–Crippen LogP) is 3.09. The summed E-state index contributed by atoms with van der Waals surface area (Å²) >= 11 is 0. The lowest BCUT2D eigenvalue weighted by molar-refractivity contribution is -0.123. The Balaban J connectivity index is 2.62. The van der Waals surface area contributed by atoms with Crippen LogP contribution in [0.2, 0.25) is 0 Å². The third-order valence-electron chi connectivity index (χ3n) is 3.75. The number of aliphatic hydroxyl groups is 1. The molecule has 0 aromatic heterocycles. The summed E-state index contributed by atoms with van der Waals surface area (Å²) in [6.07, 6.45) is 2.21. The minimum absolute atomic E-state index is 0.0900. The fourth-order valence-corrected chi connectivity index (χ4v) is 2.35. The van der Waals surface area contributed by atoms with Crippen LogP contribution in [0.3, 0.4) is 0 Å². The van der Waals surface area contributed by atoms with Gasteiger partial charge in [-0.05, 0) is 31.2 Å². The summed E-state index contributed by atoms with van der Waals surface area (Å²) < 4.78 is 0. The molecule has 0 saturated heterocycles. The molecule has 0 aliphatic rings. The number of nitrogens with one attached hydrogen (secondary N) is 1. The molecule has 20 heavy (non-hydrogen) atoms. The summed E-state index contributed by atoms with van der Waals surface area (Å²) in [5.74, 6) is 0.318. The molecule has 0 saturated carbocycles. The number of amides is 1. The van der Waals surface area contributed by atoms with E-state index in [1.807, 2.05) is 30.3 Å². The van der Waals surface area contributed by atoms with Crippen LogP contribution in [0, 0.1) is 5.92 Å². The van der Waals surface area contributed by atoms with Crippen LogP contribution in [-0.2, 0) is 4.79 Å². The highest BCUT2D eigenvalue weighted by molar-refractivity contribution is 5.83. The maximum Gasteiger partial charge on any atom is 0.227 e. The number of aliphatic hydroxyl groups excluding tert-OH is 1. The molecule has 1 rings (SSSR count). The minimum Gasteiger partial charge on any atom is -0.393 e. The van der Waals surface area contributed by atoms with E-state index in [1.165, 1.54) is 0 Å². The Morgan fingerprint density at radius 2 is 1.90 bits per heavy atom. The molecule has 112 valence electrons. The van der Waals surface area contributed by atoms with E-state index in [9.17, 15) is 9.90 Å². The van der Waals surface area contributed by atoms with Gasteiger partial charge in [-0.2, -0.15) is 0 Å². The summed E-state index contributed by atoms with van der Waals surface area (Å²) in [6.45, 7) is 6.63. The Morgan fingerprint density at radius 3 is 2.45 bits per heavy atom. The van der Waals surface area contributed by atoms with E-state index >= 15 is 0 Å². The fourth-order valence-electron chi connectivity index (χ4n) is 2.35. The van der Waals surface area contributed by atoms with Gasteiger partial charge in [0.15, 0.2) is 0 Å². The molecule has 3 heteroatoms. The van der Waals surface area contributed by atoms with Gasteiger partial charge in [-0.25, -0.2) is 0 Å². The number of carbonyl (C=O) groups is 1. The second kappa shape index (κ2) is 8.75. The van der Waals surface area contributed by atoms with Crippen LogP contribution in [0.15, 0.2) is 30.3 Å². The average molecular weight is 277 g/mol. The van der Waals surface area contributed by atoms with Crippen molar-refractivity contribution in [1.82, 2.24) is 5.32 Å². The lowest BCUT2D eigenvalue weighted by Gasteiger charge is -2.23. The summed E-state index contributed by atoms with van der Waals surface area (Å²) in [6, 6.07) is 9.97. The quantitative estimate of drug-likeness (QED) is 0.717. The van der Waals surface area contributed by atoms with Crippen molar-refractivity contribution in [2.45, 2.75) is 52.1 Å². The predicted molar refractivity (Wildman–Crippen MR) is 82.6 cm³/mol. The molecular formula is C17H27NO2. The van der Waals surface area contributed by atoms with E-state index in [4.69, 9.17) is 0 Å². The van der Waals surface area contributed by atoms with Gasteiger partial charge < -0.3 is 10.4 Å². The van der Waals surface area contributed by atoms with E-state index in [0.717, 1.165) is 24.8 Å². The van der Waals surface area contributed by atoms with Gasteiger partial charge in [0.25, 0.3) is 0 Å². The first-order chi connectivity index (χ1) is 9.56. The molecule has 0 fully saturated rings. The van der Waals surface area contributed by atoms with Crippen molar-refractivity contribution in [2.24, 2.45) is 5.92 Å². The summed E-state index contributed by atoms with van der Waals surface area (Å²) in [7, 11) is 0. The lowest BCUT2D eigenvalue weighted by Crippen LogP contribution is -2.33. The molecule has 1 amide bonds. The molecule has 0 aliphatic heterocycles. The van der Waals surface area contributed by atoms with Gasteiger partial charge in [0.05, 0.1) is 12.0 Å². The standard InChI is InChI=1S/C17H27NO2/c1-4-13(2)16(15-10-6-5-7-11-15)17(20)18-12-8-9-14(3)19/h5-7,10-11,13-14,16,19H,4,8-9,12H2,1-3H3,(H,18,20). The van der Waals surface area contributed by atoms with Crippen LogP contribution >= 0.6 is 0 Å². The SMILES string of the molecule is CCC(C)C(C(=O)NCCCC(C)O)c1ccccc1. The molecule has 0 spiro atoms. The monoisotopic (exact) mass is 277 g/mol. The Kier molecular flexibility index (Phi) is 7.31. The Bertz CT molecular complexity index is 389. The number of hydrogen-bond acceptors (Lipinski definition) is 2. The maximum absolute atomic E-state index is 12.4. The van der Waals surface area contributed by atoms with Crippen molar-refractivity contribution in [1.29, 1.82) is 0 Å². The zero-order valence-corrected chi connectivity index (χ0v) is 12.8. The van der Waals surface area contributed by atoms with Crippen molar-refractivity contribution in [2.75, 3.05) is 6.54 Å². The van der Waals surface area contributed by atoms with Gasteiger partial charge in [0.1, 0.15) is 0 Å². The highest BCUT2D eigenvalue weighted by Crippen LogP contribution is 2.27. The average Bonchev–Trinajstić information content (AvgIpc) is 2.44. The third kappa shape index (κ3) is 5.33. The van der Waals surface area contributed by atoms with Gasteiger partial charge in [0, 0.05) is 6.54 Å². The smallest absolute Gasteiger partial charge is 0.227 e. The first-order valence-electron chi connectivity index (χ1n) is 7.57. The van der Waals surface area contributed by atoms with Gasteiger partial charge in [0.2, 0.25) is 5.91 Å². The van der Waals surface area contributed by atoms with Crippen LogP contribution in [0.5, 0.6) is 0 Å². The molecule has 3 unspecified atom stereocenters. The van der Waals surface area contributed by atoms with E-state index in [0.29, 0.717) is 12.5 Å². The molecule has 1 aromatic rings. The van der Waals surface area contributed by atoms with Crippen LogP contribution in [-0.4, -0.2) is 23.7 Å². The molecule has 3 nitrogen and oxygen atoms in total. The van der Waals surface area contributed by atoms with Crippen molar-refractivity contribution >= 4 is 5.91 Å². The second-order valence-corrected chi connectivity index (χ2v) is 5.56. The van der Waals surface area contributed by atoms with Crippen molar-refractivity contribution < 1.29 is 9.90 Å². The van der Waals surface area contributed by atoms with E-state index in [1.54, 1.807) is 6.92 Å². The van der Waals surface area contributed by atoms with Crippen LogP contribution in [0.25, 0.3) is 0 Å². The first kappa shape index (κ1) is 16.7. The van der Waals surface area contributed by atoms with Crippen molar-refractivity contribution in [3.63, 3.8) is 0 Å². The molecule has 2 N–H and O–H groups in total. The lowest BCUT2D eigenvalue weighted by atomic mass is 9.85. The largest absolute Gasteiger partial charge is 0.393 e. The van der Waals surface area contributed by atoms with E-state index in [2.05, 4.69) is 19.2 Å². The summed E-state index contributed by atoms with van der Waals surface area (Å²) in [5.41, 5.74) is 1.08. The zero-order chi connectivity index (χ0) is 15.0. The van der Waals surface area contributed by atoms with Crippen molar-refractivity contribution in [3.8, 4) is 0 Å². The number of benzene rings is 1. The number of rotatable bonds is 8. The van der Waals surface area contributed by atoms with Gasteiger partial charge >= 0.3 is 0 Å². The van der Waals surface area contributed by atoms with Gasteiger partial charge in [-0.3, -0.25) is 4.79 Å². The molecule has 0 radical (unpaired) electrons. The van der Waals surface area contributed by atoms with Crippen LogP contribution in [0.4, 0.5) is 0 Å². The zero-order valence-electron chi connectivity index (χ0n) is 12.8.